The molecule has 0 aliphatic carbocycles. The molecule has 120 valence electrons. The molecule has 6 nitrogen and oxygen atoms in total. The van der Waals surface area contributed by atoms with Gasteiger partial charge in [0.1, 0.15) is 9.90 Å². The van der Waals surface area contributed by atoms with E-state index in [1.54, 1.807) is 6.92 Å². The van der Waals surface area contributed by atoms with E-state index in [1.807, 2.05) is 0 Å². The number of hydrogen-bond acceptors (Lipinski definition) is 7. The molecular formula is C13H24N4O2S2. The van der Waals surface area contributed by atoms with Crippen LogP contribution in [-0.2, 0) is 9.84 Å². The maximum atomic E-state index is 12.3. The van der Waals surface area contributed by atoms with E-state index in [1.165, 1.54) is 11.5 Å². The van der Waals surface area contributed by atoms with E-state index >= 15 is 0 Å². The van der Waals surface area contributed by atoms with Crippen LogP contribution in [0.25, 0.3) is 0 Å². The summed E-state index contributed by atoms with van der Waals surface area (Å²) in [5, 5.41) is 0.719. The Hall–Kier alpha value is -0.860. The molecule has 0 radical (unpaired) electrons. The highest BCUT2D eigenvalue weighted by molar-refractivity contribution is 7.91. The Kier molecular flexibility index (Phi) is 5.11. The first-order chi connectivity index (χ1) is 9.90. The molecule has 0 aromatic carbocycles. The summed E-state index contributed by atoms with van der Waals surface area (Å²) in [5.74, 6) is 0.192. The number of nitrogen functional groups attached to an aromatic ring is 1. The highest BCUT2D eigenvalue weighted by atomic mass is 32.2. The van der Waals surface area contributed by atoms with Gasteiger partial charge in [0.2, 0.25) is 0 Å². The van der Waals surface area contributed by atoms with Gasteiger partial charge in [0, 0.05) is 19.1 Å². The van der Waals surface area contributed by atoms with Crippen LogP contribution in [-0.4, -0.2) is 56.2 Å². The lowest BCUT2D eigenvalue weighted by molar-refractivity contribution is 0.328. The van der Waals surface area contributed by atoms with Gasteiger partial charge in [0.05, 0.1) is 5.75 Å². The van der Waals surface area contributed by atoms with E-state index < -0.39 is 9.84 Å². The summed E-state index contributed by atoms with van der Waals surface area (Å²) in [6, 6.07) is 0.295. The SMILES string of the molecule is CCC1CN(C)CCCN1c1snc(N)c1S(=O)(=O)CC. The molecule has 1 unspecified atom stereocenters. The molecule has 1 aromatic rings. The van der Waals surface area contributed by atoms with Crippen LogP contribution >= 0.6 is 11.5 Å². The molecule has 2 rings (SSSR count). The number of nitrogens with two attached hydrogens (primary N) is 1. The third-order valence-electron chi connectivity index (χ3n) is 3.98. The summed E-state index contributed by atoms with van der Waals surface area (Å²) in [5.41, 5.74) is 5.85. The van der Waals surface area contributed by atoms with E-state index in [4.69, 9.17) is 5.73 Å². The molecule has 1 aliphatic heterocycles. The van der Waals surface area contributed by atoms with Crippen molar-refractivity contribution < 1.29 is 8.42 Å². The molecule has 0 amide bonds. The lowest BCUT2D eigenvalue weighted by Gasteiger charge is -2.31. The summed E-state index contributed by atoms with van der Waals surface area (Å²) >= 11 is 1.21. The first-order valence-electron chi connectivity index (χ1n) is 7.33. The van der Waals surface area contributed by atoms with Gasteiger partial charge in [-0.3, -0.25) is 0 Å². The Labute approximate surface area is 131 Å². The minimum Gasteiger partial charge on any atom is -0.382 e. The van der Waals surface area contributed by atoms with Crippen LogP contribution in [0.3, 0.4) is 0 Å². The Morgan fingerprint density at radius 2 is 2.10 bits per heavy atom. The predicted octanol–water partition coefficient (Wildman–Crippen LogP) is 1.44. The fourth-order valence-corrected chi connectivity index (χ4v) is 5.16. The van der Waals surface area contributed by atoms with Crippen LogP contribution in [0, 0.1) is 0 Å². The van der Waals surface area contributed by atoms with E-state index in [-0.39, 0.29) is 16.5 Å². The van der Waals surface area contributed by atoms with Gasteiger partial charge in [0.25, 0.3) is 0 Å². The molecule has 1 aromatic heterocycles. The minimum atomic E-state index is -3.35. The van der Waals surface area contributed by atoms with Crippen molar-refractivity contribution in [3.63, 3.8) is 0 Å². The lowest BCUT2D eigenvalue weighted by atomic mass is 10.2. The van der Waals surface area contributed by atoms with Gasteiger partial charge >= 0.3 is 0 Å². The molecule has 0 bridgehead atoms. The van der Waals surface area contributed by atoms with Gasteiger partial charge in [-0.05, 0) is 38.0 Å². The monoisotopic (exact) mass is 332 g/mol. The fourth-order valence-electron chi connectivity index (χ4n) is 2.76. The Bertz CT molecular complexity index is 585. The fraction of sp³-hybridized carbons (Fsp3) is 0.769. The van der Waals surface area contributed by atoms with Gasteiger partial charge < -0.3 is 15.5 Å². The minimum absolute atomic E-state index is 0.0488. The smallest absolute Gasteiger partial charge is 0.184 e. The van der Waals surface area contributed by atoms with E-state index in [0.717, 1.165) is 37.5 Å². The zero-order valence-corrected chi connectivity index (χ0v) is 14.5. The number of aromatic nitrogens is 1. The van der Waals surface area contributed by atoms with Crippen molar-refractivity contribution in [1.82, 2.24) is 9.27 Å². The van der Waals surface area contributed by atoms with Crippen molar-refractivity contribution in [3.8, 4) is 0 Å². The van der Waals surface area contributed by atoms with Crippen LogP contribution < -0.4 is 10.6 Å². The normalized spacial score (nSPS) is 21.5. The zero-order valence-electron chi connectivity index (χ0n) is 12.9. The molecule has 21 heavy (non-hydrogen) atoms. The second-order valence-corrected chi connectivity index (χ2v) is 8.44. The molecule has 1 atom stereocenters. The van der Waals surface area contributed by atoms with Crippen molar-refractivity contribution in [1.29, 1.82) is 0 Å². The van der Waals surface area contributed by atoms with Crippen LogP contribution in [0.15, 0.2) is 4.90 Å². The first-order valence-corrected chi connectivity index (χ1v) is 9.76. The van der Waals surface area contributed by atoms with Crippen LogP contribution in [0.2, 0.25) is 0 Å². The third kappa shape index (κ3) is 3.32. The quantitative estimate of drug-likeness (QED) is 0.899. The molecule has 0 saturated carbocycles. The second-order valence-electron chi connectivity index (χ2n) is 5.48. The number of rotatable bonds is 4. The van der Waals surface area contributed by atoms with Gasteiger partial charge in [0.15, 0.2) is 15.7 Å². The maximum absolute atomic E-state index is 12.3. The van der Waals surface area contributed by atoms with Crippen LogP contribution in [0.1, 0.15) is 26.7 Å². The van der Waals surface area contributed by atoms with Crippen LogP contribution in [0.5, 0.6) is 0 Å². The standard InChI is InChI=1S/C13H24N4O2S2/c1-4-10-9-16(3)7-6-8-17(10)13-11(12(14)15-20-13)21(18,19)5-2/h10H,4-9H2,1-3H3,(H2,14,15). The summed E-state index contributed by atoms with van der Waals surface area (Å²) < 4.78 is 28.8. The number of hydrogen-bond donors (Lipinski definition) is 1. The molecule has 8 heteroatoms. The van der Waals surface area contributed by atoms with Crippen LogP contribution in [0.4, 0.5) is 10.8 Å². The van der Waals surface area contributed by atoms with Crippen molar-refractivity contribution in [2.75, 3.05) is 43.1 Å². The van der Waals surface area contributed by atoms with Crippen molar-refractivity contribution in [2.45, 2.75) is 37.6 Å². The van der Waals surface area contributed by atoms with Gasteiger partial charge in [-0.15, -0.1) is 0 Å². The number of likely N-dealkylation sites (N-methyl/N-ethyl adjacent to an activating group) is 1. The molecule has 1 aliphatic rings. The molecule has 2 heterocycles. The van der Waals surface area contributed by atoms with Gasteiger partial charge in [-0.2, -0.15) is 4.37 Å². The summed E-state index contributed by atoms with van der Waals surface area (Å²) in [4.78, 5) is 4.73. The van der Waals surface area contributed by atoms with E-state index in [0.29, 0.717) is 6.04 Å². The molecule has 1 saturated heterocycles. The average molecular weight is 332 g/mol. The summed E-state index contributed by atoms with van der Waals surface area (Å²) in [6.45, 7) is 6.58. The van der Waals surface area contributed by atoms with Gasteiger partial charge in [-0.1, -0.05) is 13.8 Å². The largest absolute Gasteiger partial charge is 0.382 e. The van der Waals surface area contributed by atoms with Crippen molar-refractivity contribution in [3.05, 3.63) is 0 Å². The molecule has 2 N–H and O–H groups in total. The van der Waals surface area contributed by atoms with E-state index in [9.17, 15) is 8.42 Å². The molecule has 0 spiro atoms. The van der Waals surface area contributed by atoms with Crippen molar-refractivity contribution >= 4 is 32.2 Å². The number of sulfone groups is 1. The first kappa shape index (κ1) is 16.5. The zero-order chi connectivity index (χ0) is 15.6. The highest BCUT2D eigenvalue weighted by Crippen LogP contribution is 2.37. The molecular weight excluding hydrogens is 308 g/mol. The Morgan fingerprint density at radius 1 is 1.38 bits per heavy atom. The molecule has 1 fully saturated rings. The topological polar surface area (TPSA) is 79.5 Å². The maximum Gasteiger partial charge on any atom is 0.184 e. The highest BCUT2D eigenvalue weighted by Gasteiger charge is 2.31. The Morgan fingerprint density at radius 3 is 2.71 bits per heavy atom. The van der Waals surface area contributed by atoms with Crippen molar-refractivity contribution in [2.24, 2.45) is 0 Å². The summed E-state index contributed by atoms with van der Waals surface area (Å²) in [7, 11) is -1.25. The Balaban J connectivity index is 2.45. The third-order valence-corrected chi connectivity index (χ3v) is 6.80. The number of anilines is 2. The number of nitrogens with zero attached hydrogens (tertiary/aromatic N) is 3. The summed E-state index contributed by atoms with van der Waals surface area (Å²) in [6.07, 6.45) is 1.98. The van der Waals surface area contributed by atoms with Gasteiger partial charge in [-0.25, -0.2) is 8.42 Å². The predicted molar refractivity (Wildman–Crippen MR) is 87.8 cm³/mol. The lowest BCUT2D eigenvalue weighted by Crippen LogP contribution is -2.40. The van der Waals surface area contributed by atoms with E-state index in [2.05, 4.69) is 28.1 Å². The average Bonchev–Trinajstić information content (AvgIpc) is 2.73. The second kappa shape index (κ2) is 6.50.